The molecule has 1 heterocycles. The summed E-state index contributed by atoms with van der Waals surface area (Å²) >= 11 is 0. The van der Waals surface area contributed by atoms with Gasteiger partial charge in [-0.05, 0) is 43.5 Å². The quantitative estimate of drug-likeness (QED) is 0.625. The SMILES string of the molecule is CCc1ccccc1C=CCS(=O)(=O)c1c(C)n(CC(=O)O)c2ccc(C)cc12. The first-order valence-corrected chi connectivity index (χ1v) is 11.2. The van der Waals surface area contributed by atoms with Crippen LogP contribution >= 0.6 is 0 Å². The Labute approximate surface area is 171 Å². The molecule has 0 atom stereocenters. The first kappa shape index (κ1) is 20.9. The van der Waals surface area contributed by atoms with Gasteiger partial charge in [-0.3, -0.25) is 4.79 Å². The van der Waals surface area contributed by atoms with E-state index in [1.807, 2.05) is 49.4 Å². The van der Waals surface area contributed by atoms with E-state index in [0.29, 0.717) is 16.6 Å². The van der Waals surface area contributed by atoms with Crippen molar-refractivity contribution >= 4 is 32.8 Å². The van der Waals surface area contributed by atoms with Crippen LogP contribution in [0.3, 0.4) is 0 Å². The van der Waals surface area contributed by atoms with Crippen LogP contribution in [0.4, 0.5) is 0 Å². The van der Waals surface area contributed by atoms with E-state index >= 15 is 0 Å². The van der Waals surface area contributed by atoms with Crippen molar-refractivity contribution in [1.82, 2.24) is 4.57 Å². The van der Waals surface area contributed by atoms with Gasteiger partial charge in [0.25, 0.3) is 0 Å². The zero-order valence-electron chi connectivity index (χ0n) is 16.8. The van der Waals surface area contributed by atoms with Crippen LogP contribution in [0.15, 0.2) is 53.4 Å². The Balaban J connectivity index is 2.04. The molecule has 0 unspecified atom stereocenters. The molecule has 0 amide bonds. The molecule has 0 aliphatic rings. The van der Waals surface area contributed by atoms with Crippen LogP contribution in [0.2, 0.25) is 0 Å². The summed E-state index contributed by atoms with van der Waals surface area (Å²) in [6.45, 7) is 5.34. The molecule has 3 rings (SSSR count). The molecule has 152 valence electrons. The van der Waals surface area contributed by atoms with Crippen LogP contribution in [0.25, 0.3) is 17.0 Å². The van der Waals surface area contributed by atoms with E-state index in [1.165, 1.54) is 0 Å². The second-order valence-electron chi connectivity index (χ2n) is 7.15. The molecule has 0 spiro atoms. The highest BCUT2D eigenvalue weighted by atomic mass is 32.2. The van der Waals surface area contributed by atoms with Gasteiger partial charge in [-0.1, -0.05) is 55.0 Å². The largest absolute Gasteiger partial charge is 0.480 e. The Morgan fingerprint density at radius 2 is 1.86 bits per heavy atom. The molecule has 3 aromatic rings. The molecule has 1 aromatic heterocycles. The number of fused-ring (bicyclic) bond motifs is 1. The maximum absolute atomic E-state index is 13.2. The van der Waals surface area contributed by atoms with Crippen molar-refractivity contribution in [3.63, 3.8) is 0 Å². The summed E-state index contributed by atoms with van der Waals surface area (Å²) in [5.41, 5.74) is 4.16. The highest BCUT2D eigenvalue weighted by molar-refractivity contribution is 7.91. The van der Waals surface area contributed by atoms with Crippen LogP contribution < -0.4 is 0 Å². The normalized spacial score (nSPS) is 12.1. The maximum Gasteiger partial charge on any atom is 0.323 e. The molecule has 0 bridgehead atoms. The zero-order valence-corrected chi connectivity index (χ0v) is 17.7. The predicted molar refractivity (Wildman–Crippen MR) is 116 cm³/mol. The van der Waals surface area contributed by atoms with Gasteiger partial charge in [0, 0.05) is 11.1 Å². The molecule has 1 N–H and O–H groups in total. The van der Waals surface area contributed by atoms with Crippen molar-refractivity contribution in [1.29, 1.82) is 0 Å². The molecule has 0 aliphatic carbocycles. The number of nitrogens with zero attached hydrogens (tertiary/aromatic N) is 1. The summed E-state index contributed by atoms with van der Waals surface area (Å²) in [6.07, 6.45) is 4.38. The number of carboxylic acids is 1. The number of benzene rings is 2. The third-order valence-corrected chi connectivity index (χ3v) is 6.84. The van der Waals surface area contributed by atoms with E-state index in [1.54, 1.807) is 23.6 Å². The lowest BCUT2D eigenvalue weighted by atomic mass is 10.1. The highest BCUT2D eigenvalue weighted by Crippen LogP contribution is 2.31. The zero-order chi connectivity index (χ0) is 21.2. The number of hydrogen-bond donors (Lipinski definition) is 1. The van der Waals surface area contributed by atoms with Crippen LogP contribution in [0.5, 0.6) is 0 Å². The second kappa shape index (κ2) is 8.25. The molecule has 6 heteroatoms. The lowest BCUT2D eigenvalue weighted by molar-refractivity contribution is -0.137. The molecule has 2 aromatic carbocycles. The summed E-state index contributed by atoms with van der Waals surface area (Å²) in [5, 5.41) is 9.83. The van der Waals surface area contributed by atoms with Gasteiger partial charge in [0.1, 0.15) is 6.54 Å². The Morgan fingerprint density at radius 3 is 2.55 bits per heavy atom. The van der Waals surface area contributed by atoms with E-state index in [-0.39, 0.29) is 17.2 Å². The summed E-state index contributed by atoms with van der Waals surface area (Å²) in [5.74, 6) is -1.16. The van der Waals surface area contributed by atoms with E-state index in [2.05, 4.69) is 6.92 Å². The molecular formula is C23H25NO4S. The van der Waals surface area contributed by atoms with Crippen molar-refractivity contribution in [2.45, 2.75) is 38.6 Å². The van der Waals surface area contributed by atoms with Crippen LogP contribution in [-0.2, 0) is 27.6 Å². The minimum Gasteiger partial charge on any atom is -0.480 e. The fourth-order valence-electron chi connectivity index (χ4n) is 3.70. The Hall–Kier alpha value is -2.86. The standard InChI is InChI=1S/C23H25NO4S/c1-4-18-8-5-6-9-19(18)10-7-13-29(27,28)23-17(3)24(15-22(25)26)21-12-11-16(2)14-20(21)23/h5-12,14H,4,13,15H2,1-3H3,(H,25,26). The number of hydrogen-bond acceptors (Lipinski definition) is 3. The summed E-state index contributed by atoms with van der Waals surface area (Å²) in [7, 11) is -3.64. The van der Waals surface area contributed by atoms with E-state index < -0.39 is 15.8 Å². The fraction of sp³-hybridized carbons (Fsp3) is 0.261. The molecule has 0 fully saturated rings. The van der Waals surface area contributed by atoms with Gasteiger partial charge in [-0.25, -0.2) is 8.42 Å². The lowest BCUT2D eigenvalue weighted by Crippen LogP contribution is -2.12. The molecule has 0 saturated carbocycles. The molecular weight excluding hydrogens is 386 g/mol. The van der Waals surface area contributed by atoms with Gasteiger partial charge in [0.05, 0.1) is 16.2 Å². The molecule has 5 nitrogen and oxygen atoms in total. The van der Waals surface area contributed by atoms with Crippen LogP contribution in [0, 0.1) is 13.8 Å². The molecule has 0 radical (unpaired) electrons. The first-order chi connectivity index (χ1) is 13.7. The monoisotopic (exact) mass is 411 g/mol. The average Bonchev–Trinajstić information content (AvgIpc) is 2.93. The summed E-state index contributed by atoms with van der Waals surface area (Å²) < 4.78 is 28.0. The average molecular weight is 412 g/mol. The number of carbonyl (C=O) groups is 1. The van der Waals surface area contributed by atoms with Gasteiger partial charge in [0.15, 0.2) is 9.84 Å². The number of sulfone groups is 1. The number of aliphatic carboxylic acids is 1. The van der Waals surface area contributed by atoms with Crippen LogP contribution in [0.1, 0.15) is 29.3 Å². The van der Waals surface area contributed by atoms with Crippen molar-refractivity contribution in [2.24, 2.45) is 0 Å². The smallest absolute Gasteiger partial charge is 0.323 e. The van der Waals surface area contributed by atoms with Crippen molar-refractivity contribution in [2.75, 3.05) is 5.75 Å². The van der Waals surface area contributed by atoms with Gasteiger partial charge >= 0.3 is 5.97 Å². The molecule has 29 heavy (non-hydrogen) atoms. The van der Waals surface area contributed by atoms with Gasteiger partial charge in [0.2, 0.25) is 0 Å². The number of aromatic nitrogens is 1. The van der Waals surface area contributed by atoms with E-state index in [0.717, 1.165) is 23.1 Å². The Bertz CT molecular complexity index is 1200. The van der Waals surface area contributed by atoms with Crippen molar-refractivity contribution < 1.29 is 18.3 Å². The number of carboxylic acid groups (broad SMARTS) is 1. The van der Waals surface area contributed by atoms with Gasteiger partial charge in [-0.15, -0.1) is 0 Å². The number of aryl methyl sites for hydroxylation is 2. The minimum atomic E-state index is -3.64. The fourth-order valence-corrected chi connectivity index (χ4v) is 5.28. The summed E-state index contributed by atoms with van der Waals surface area (Å²) in [6, 6.07) is 13.3. The highest BCUT2D eigenvalue weighted by Gasteiger charge is 2.25. The van der Waals surface area contributed by atoms with Crippen molar-refractivity contribution in [3.8, 4) is 0 Å². The van der Waals surface area contributed by atoms with Gasteiger partial charge in [-0.2, -0.15) is 0 Å². The number of rotatable bonds is 7. The van der Waals surface area contributed by atoms with Crippen LogP contribution in [-0.4, -0.2) is 29.8 Å². The van der Waals surface area contributed by atoms with Crippen molar-refractivity contribution in [3.05, 3.63) is 70.9 Å². The third kappa shape index (κ3) is 4.27. The third-order valence-electron chi connectivity index (χ3n) is 5.07. The van der Waals surface area contributed by atoms with E-state index in [4.69, 9.17) is 0 Å². The molecule has 0 aliphatic heterocycles. The second-order valence-corrected chi connectivity index (χ2v) is 9.12. The first-order valence-electron chi connectivity index (χ1n) is 9.53. The lowest BCUT2D eigenvalue weighted by Gasteiger charge is -2.06. The molecule has 0 saturated heterocycles. The topological polar surface area (TPSA) is 76.4 Å². The van der Waals surface area contributed by atoms with Gasteiger partial charge < -0.3 is 9.67 Å². The predicted octanol–water partition coefficient (Wildman–Crippen LogP) is 4.39. The minimum absolute atomic E-state index is 0.147. The Morgan fingerprint density at radius 1 is 1.14 bits per heavy atom. The maximum atomic E-state index is 13.2. The summed E-state index contributed by atoms with van der Waals surface area (Å²) in [4.78, 5) is 11.5. The Kier molecular flexibility index (Phi) is 5.94. The van der Waals surface area contributed by atoms with E-state index in [9.17, 15) is 18.3 Å².